The number of carbonyl (C=O) groups is 2. The minimum atomic E-state index is -0.191. The fourth-order valence-corrected chi connectivity index (χ4v) is 3.79. The first-order chi connectivity index (χ1) is 14.7. The van der Waals surface area contributed by atoms with E-state index < -0.39 is 0 Å². The van der Waals surface area contributed by atoms with Gasteiger partial charge >= 0.3 is 0 Å². The van der Waals surface area contributed by atoms with E-state index in [-0.39, 0.29) is 11.8 Å². The van der Waals surface area contributed by atoms with Crippen molar-refractivity contribution < 1.29 is 9.59 Å². The number of benzene rings is 2. The Morgan fingerprint density at radius 1 is 1.13 bits per heavy atom. The zero-order chi connectivity index (χ0) is 20.5. The molecule has 1 aliphatic carbocycles. The third kappa shape index (κ3) is 3.80. The van der Waals surface area contributed by atoms with Gasteiger partial charge in [0, 0.05) is 36.3 Å². The van der Waals surface area contributed by atoms with Crippen LogP contribution in [-0.2, 0) is 11.3 Å². The van der Waals surface area contributed by atoms with Crippen molar-refractivity contribution in [2.75, 3.05) is 11.9 Å². The zero-order valence-electron chi connectivity index (χ0n) is 16.5. The second-order valence-corrected chi connectivity index (χ2v) is 7.83. The Labute approximate surface area is 173 Å². The van der Waals surface area contributed by atoms with Gasteiger partial charge in [-0.15, -0.1) is 5.10 Å². The molecule has 0 radical (unpaired) electrons. The van der Waals surface area contributed by atoms with E-state index >= 15 is 0 Å². The fraction of sp³-hybridized carbons (Fsp3) is 0.318. The lowest BCUT2D eigenvalue weighted by molar-refractivity contribution is -0.128. The van der Waals surface area contributed by atoms with Crippen molar-refractivity contribution in [3.05, 3.63) is 59.7 Å². The third-order valence-electron chi connectivity index (χ3n) is 5.50. The first kappa shape index (κ1) is 18.5. The van der Waals surface area contributed by atoms with E-state index in [0.29, 0.717) is 36.1 Å². The van der Waals surface area contributed by atoms with Gasteiger partial charge in [0.05, 0.1) is 6.04 Å². The van der Waals surface area contributed by atoms with Crippen LogP contribution in [0.5, 0.6) is 0 Å². The molecule has 1 aromatic heterocycles. The molecule has 0 spiro atoms. The van der Waals surface area contributed by atoms with Crippen molar-refractivity contribution in [1.29, 1.82) is 0 Å². The summed E-state index contributed by atoms with van der Waals surface area (Å²) in [6, 6.07) is 15.3. The van der Waals surface area contributed by atoms with Crippen LogP contribution in [0.15, 0.2) is 48.5 Å². The number of nitrogens with zero attached hydrogens (tertiary/aromatic N) is 5. The average molecular weight is 402 g/mol. The number of rotatable bonds is 6. The van der Waals surface area contributed by atoms with E-state index in [2.05, 4.69) is 20.8 Å². The van der Waals surface area contributed by atoms with Gasteiger partial charge in [0.15, 0.2) is 5.82 Å². The maximum absolute atomic E-state index is 12.8. The smallest absolute Gasteiger partial charge is 0.255 e. The van der Waals surface area contributed by atoms with Gasteiger partial charge in [-0.2, -0.15) is 0 Å². The molecule has 8 heteroatoms. The Morgan fingerprint density at radius 3 is 2.80 bits per heavy atom. The molecular formula is C22H22N6O2. The normalized spacial score (nSPS) is 16.1. The van der Waals surface area contributed by atoms with Crippen molar-refractivity contribution in [3.63, 3.8) is 0 Å². The third-order valence-corrected chi connectivity index (χ3v) is 5.50. The Hall–Kier alpha value is -3.55. The SMILES string of the molecule is O=C(Nc1cccc(-c2nnnn2C2CC2)c1)c1cccc(CN2CCCC2=O)c1. The van der Waals surface area contributed by atoms with Crippen molar-refractivity contribution >= 4 is 17.5 Å². The molecule has 0 atom stereocenters. The summed E-state index contributed by atoms with van der Waals surface area (Å²) in [4.78, 5) is 26.5. The summed E-state index contributed by atoms with van der Waals surface area (Å²) < 4.78 is 1.85. The van der Waals surface area contributed by atoms with Crippen LogP contribution < -0.4 is 5.32 Å². The summed E-state index contributed by atoms with van der Waals surface area (Å²) in [5.41, 5.74) is 3.07. The summed E-state index contributed by atoms with van der Waals surface area (Å²) in [5, 5.41) is 15.0. The zero-order valence-corrected chi connectivity index (χ0v) is 16.5. The lowest BCUT2D eigenvalue weighted by atomic mass is 10.1. The van der Waals surface area contributed by atoms with Crippen molar-refractivity contribution in [2.24, 2.45) is 0 Å². The Kier molecular flexibility index (Phi) is 4.74. The van der Waals surface area contributed by atoms with Crippen LogP contribution in [0.25, 0.3) is 11.4 Å². The molecule has 2 fully saturated rings. The number of nitrogens with one attached hydrogen (secondary N) is 1. The molecule has 2 aromatic carbocycles. The molecule has 8 nitrogen and oxygen atoms in total. The molecule has 2 aliphatic rings. The number of hydrogen-bond donors (Lipinski definition) is 1. The largest absolute Gasteiger partial charge is 0.338 e. The number of aromatic nitrogens is 4. The standard InChI is InChI=1S/C22H22N6O2/c29-20-8-3-11-27(20)14-15-4-1-6-17(12-15)22(30)23-18-7-2-5-16(13-18)21-24-25-26-28(21)19-9-10-19/h1-2,4-7,12-13,19H,3,8-11,14H2,(H,23,30). The fourth-order valence-electron chi connectivity index (χ4n) is 3.79. The number of tetrazole rings is 1. The average Bonchev–Trinajstić information content (AvgIpc) is 3.35. The predicted molar refractivity (Wildman–Crippen MR) is 111 cm³/mol. The van der Waals surface area contributed by atoms with Gasteiger partial charge < -0.3 is 10.2 Å². The van der Waals surface area contributed by atoms with Gasteiger partial charge in [-0.25, -0.2) is 4.68 Å². The molecule has 30 heavy (non-hydrogen) atoms. The number of amides is 2. The number of anilines is 1. The number of carbonyl (C=O) groups excluding carboxylic acids is 2. The van der Waals surface area contributed by atoms with Gasteiger partial charge in [0.1, 0.15) is 0 Å². The van der Waals surface area contributed by atoms with E-state index in [0.717, 1.165) is 36.9 Å². The quantitative estimate of drug-likeness (QED) is 0.684. The van der Waals surface area contributed by atoms with E-state index in [4.69, 9.17) is 0 Å². The van der Waals surface area contributed by atoms with E-state index in [1.54, 1.807) is 6.07 Å². The predicted octanol–water partition coefficient (Wildman–Crippen LogP) is 3.05. The topological polar surface area (TPSA) is 93.0 Å². The van der Waals surface area contributed by atoms with Crippen molar-refractivity contribution in [2.45, 2.75) is 38.3 Å². The maximum atomic E-state index is 12.8. The van der Waals surface area contributed by atoms with E-state index in [9.17, 15) is 9.59 Å². The van der Waals surface area contributed by atoms with E-state index in [1.807, 2.05) is 52.0 Å². The lowest BCUT2D eigenvalue weighted by Gasteiger charge is -2.16. The van der Waals surface area contributed by atoms with Crippen LogP contribution in [0.1, 0.15) is 47.6 Å². The van der Waals surface area contributed by atoms with Crippen LogP contribution in [0.4, 0.5) is 5.69 Å². The molecule has 1 saturated heterocycles. The summed E-state index contributed by atoms with van der Waals surface area (Å²) in [6.07, 6.45) is 3.70. The summed E-state index contributed by atoms with van der Waals surface area (Å²) in [5.74, 6) is 0.699. The molecular weight excluding hydrogens is 380 g/mol. The van der Waals surface area contributed by atoms with Gasteiger partial charge in [0.25, 0.3) is 5.91 Å². The van der Waals surface area contributed by atoms with Crippen LogP contribution in [-0.4, -0.2) is 43.5 Å². The Bertz CT molecular complexity index is 1100. The highest BCUT2D eigenvalue weighted by molar-refractivity contribution is 6.04. The van der Waals surface area contributed by atoms with Crippen LogP contribution >= 0.6 is 0 Å². The van der Waals surface area contributed by atoms with Crippen LogP contribution in [0.3, 0.4) is 0 Å². The molecule has 2 amide bonds. The summed E-state index contributed by atoms with van der Waals surface area (Å²) in [6.45, 7) is 1.32. The Balaban J connectivity index is 1.31. The van der Waals surface area contributed by atoms with Crippen molar-refractivity contribution in [3.8, 4) is 11.4 Å². The van der Waals surface area contributed by atoms with Crippen molar-refractivity contribution in [1.82, 2.24) is 25.1 Å². The number of likely N-dealkylation sites (tertiary alicyclic amines) is 1. The monoisotopic (exact) mass is 402 g/mol. The van der Waals surface area contributed by atoms with Gasteiger partial charge in [-0.05, 0) is 59.5 Å². The molecule has 1 aliphatic heterocycles. The van der Waals surface area contributed by atoms with Gasteiger partial charge in [-0.1, -0.05) is 24.3 Å². The molecule has 1 saturated carbocycles. The van der Waals surface area contributed by atoms with Crippen LogP contribution in [0.2, 0.25) is 0 Å². The maximum Gasteiger partial charge on any atom is 0.255 e. The molecule has 1 N–H and O–H groups in total. The highest BCUT2D eigenvalue weighted by Gasteiger charge is 2.28. The second kappa shape index (κ2) is 7.70. The molecule has 5 rings (SSSR count). The van der Waals surface area contributed by atoms with Crippen LogP contribution in [0, 0.1) is 0 Å². The number of hydrogen-bond acceptors (Lipinski definition) is 5. The molecule has 0 bridgehead atoms. The first-order valence-electron chi connectivity index (χ1n) is 10.2. The first-order valence-corrected chi connectivity index (χ1v) is 10.2. The summed E-state index contributed by atoms with van der Waals surface area (Å²) in [7, 11) is 0. The lowest BCUT2D eigenvalue weighted by Crippen LogP contribution is -2.24. The molecule has 0 unspecified atom stereocenters. The highest BCUT2D eigenvalue weighted by Crippen LogP contribution is 2.36. The van der Waals surface area contributed by atoms with E-state index in [1.165, 1.54) is 0 Å². The molecule has 3 aromatic rings. The van der Waals surface area contributed by atoms with Gasteiger partial charge in [0.2, 0.25) is 5.91 Å². The summed E-state index contributed by atoms with van der Waals surface area (Å²) >= 11 is 0. The minimum Gasteiger partial charge on any atom is -0.338 e. The Morgan fingerprint density at radius 2 is 2.00 bits per heavy atom. The minimum absolute atomic E-state index is 0.176. The second-order valence-electron chi connectivity index (χ2n) is 7.83. The highest BCUT2D eigenvalue weighted by atomic mass is 16.2. The molecule has 152 valence electrons. The molecule has 2 heterocycles. The van der Waals surface area contributed by atoms with Gasteiger partial charge in [-0.3, -0.25) is 9.59 Å².